The van der Waals surface area contributed by atoms with E-state index in [1.54, 1.807) is 0 Å². The van der Waals surface area contributed by atoms with E-state index in [9.17, 15) is 0 Å². The Labute approximate surface area is 119 Å². The van der Waals surface area contributed by atoms with Gasteiger partial charge in [-0.15, -0.1) is 0 Å². The van der Waals surface area contributed by atoms with Gasteiger partial charge in [-0.1, -0.05) is 38.1 Å². The summed E-state index contributed by atoms with van der Waals surface area (Å²) in [5.74, 6) is 0.514. The molecule has 102 valence electrons. The van der Waals surface area contributed by atoms with Gasteiger partial charge in [0.1, 0.15) is 5.65 Å². The number of hydrogen-bond acceptors (Lipinski definition) is 2. The molecule has 0 spiro atoms. The first-order valence-electron chi connectivity index (χ1n) is 6.99. The number of nitrogens with zero attached hydrogens (tertiary/aromatic N) is 2. The van der Waals surface area contributed by atoms with E-state index in [0.29, 0.717) is 5.92 Å². The molecule has 2 aromatic heterocycles. The number of nitrogens with one attached hydrogen (secondary N) is 1. The molecule has 0 saturated heterocycles. The second kappa shape index (κ2) is 5.37. The lowest BCUT2D eigenvalue weighted by atomic mass is 10.0. The van der Waals surface area contributed by atoms with E-state index in [1.165, 1.54) is 11.3 Å². The minimum atomic E-state index is 0.514. The summed E-state index contributed by atoms with van der Waals surface area (Å²) in [6, 6.07) is 14.5. The van der Waals surface area contributed by atoms with Crippen LogP contribution < -0.4 is 5.32 Å². The Hall–Kier alpha value is -2.29. The van der Waals surface area contributed by atoms with Crippen LogP contribution in [0.5, 0.6) is 0 Å². The van der Waals surface area contributed by atoms with Crippen molar-refractivity contribution in [1.82, 2.24) is 9.38 Å². The van der Waals surface area contributed by atoms with Crippen molar-refractivity contribution in [3.8, 4) is 0 Å². The van der Waals surface area contributed by atoms with Crippen LogP contribution >= 0.6 is 0 Å². The van der Waals surface area contributed by atoms with Gasteiger partial charge in [-0.05, 0) is 29.7 Å². The smallest absolute Gasteiger partial charge is 0.137 e. The van der Waals surface area contributed by atoms with Crippen molar-refractivity contribution in [2.75, 3.05) is 5.32 Å². The Kier molecular flexibility index (Phi) is 3.42. The van der Waals surface area contributed by atoms with Gasteiger partial charge >= 0.3 is 0 Å². The summed E-state index contributed by atoms with van der Waals surface area (Å²) in [4.78, 5) is 4.60. The molecule has 0 fully saturated rings. The minimum Gasteiger partial charge on any atom is -0.379 e. The fraction of sp³-hybridized carbons (Fsp3) is 0.235. The number of para-hydroxylation sites is 1. The van der Waals surface area contributed by atoms with Crippen molar-refractivity contribution in [2.45, 2.75) is 26.3 Å². The highest BCUT2D eigenvalue weighted by atomic mass is 15.0. The standard InChI is InChI=1S/C17H19N3/c1-13(2)15-7-3-4-8-16(15)18-11-14-12-20-10-6-5-9-17(20)19-14/h3-10,12-13,18H,11H2,1-2H3. The van der Waals surface area contributed by atoms with E-state index in [0.717, 1.165) is 17.9 Å². The maximum atomic E-state index is 4.60. The molecule has 3 rings (SSSR count). The number of aromatic nitrogens is 2. The summed E-state index contributed by atoms with van der Waals surface area (Å²) in [5, 5.41) is 3.50. The predicted octanol–water partition coefficient (Wildman–Crippen LogP) is 4.07. The maximum absolute atomic E-state index is 4.60. The molecule has 0 aliphatic carbocycles. The minimum absolute atomic E-state index is 0.514. The van der Waals surface area contributed by atoms with E-state index < -0.39 is 0 Å². The van der Waals surface area contributed by atoms with Gasteiger partial charge in [0, 0.05) is 18.1 Å². The SMILES string of the molecule is CC(C)c1ccccc1NCc1cn2ccccc2n1. The third-order valence-electron chi connectivity index (χ3n) is 3.46. The Balaban J connectivity index is 1.79. The molecule has 0 bridgehead atoms. The van der Waals surface area contributed by atoms with Gasteiger partial charge in [0.05, 0.1) is 12.2 Å². The van der Waals surface area contributed by atoms with Crippen LogP contribution in [0.2, 0.25) is 0 Å². The maximum Gasteiger partial charge on any atom is 0.137 e. The van der Waals surface area contributed by atoms with Crippen LogP contribution in [0, 0.1) is 0 Å². The summed E-state index contributed by atoms with van der Waals surface area (Å²) in [6.07, 6.45) is 4.09. The Morgan fingerprint density at radius 1 is 1.10 bits per heavy atom. The number of benzene rings is 1. The Bertz CT molecular complexity index is 680. The van der Waals surface area contributed by atoms with Crippen molar-refractivity contribution in [3.05, 3.63) is 66.1 Å². The largest absolute Gasteiger partial charge is 0.379 e. The van der Waals surface area contributed by atoms with Crippen molar-refractivity contribution < 1.29 is 0 Å². The van der Waals surface area contributed by atoms with Gasteiger partial charge in [0.15, 0.2) is 0 Å². The molecule has 0 unspecified atom stereocenters. The number of hydrogen-bond donors (Lipinski definition) is 1. The molecule has 3 heteroatoms. The molecule has 0 saturated carbocycles. The monoisotopic (exact) mass is 265 g/mol. The van der Waals surface area contributed by atoms with Crippen LogP contribution in [-0.4, -0.2) is 9.38 Å². The molecule has 0 aliphatic heterocycles. The summed E-state index contributed by atoms with van der Waals surface area (Å²) >= 11 is 0. The van der Waals surface area contributed by atoms with Crippen molar-refractivity contribution in [1.29, 1.82) is 0 Å². The highest BCUT2D eigenvalue weighted by Gasteiger charge is 2.06. The fourth-order valence-corrected chi connectivity index (χ4v) is 2.42. The number of rotatable bonds is 4. The second-order valence-corrected chi connectivity index (χ2v) is 5.29. The molecule has 1 aromatic carbocycles. The van der Waals surface area contributed by atoms with Gasteiger partial charge in [-0.3, -0.25) is 0 Å². The van der Waals surface area contributed by atoms with E-state index in [2.05, 4.69) is 54.6 Å². The fourth-order valence-electron chi connectivity index (χ4n) is 2.42. The zero-order valence-corrected chi connectivity index (χ0v) is 11.9. The molecule has 0 atom stereocenters. The van der Waals surface area contributed by atoms with Gasteiger partial charge in [0.25, 0.3) is 0 Å². The average Bonchev–Trinajstić information content (AvgIpc) is 2.88. The lowest BCUT2D eigenvalue weighted by Gasteiger charge is -2.13. The van der Waals surface area contributed by atoms with Crippen molar-refractivity contribution >= 4 is 11.3 Å². The first kappa shape index (κ1) is 12.7. The normalized spacial score (nSPS) is 11.2. The quantitative estimate of drug-likeness (QED) is 0.770. The van der Waals surface area contributed by atoms with Crippen LogP contribution in [0.4, 0.5) is 5.69 Å². The molecule has 3 nitrogen and oxygen atoms in total. The van der Waals surface area contributed by atoms with E-state index in [-0.39, 0.29) is 0 Å². The summed E-state index contributed by atoms with van der Waals surface area (Å²) in [6.45, 7) is 5.17. The number of anilines is 1. The molecule has 0 radical (unpaired) electrons. The van der Waals surface area contributed by atoms with E-state index >= 15 is 0 Å². The Morgan fingerprint density at radius 3 is 2.70 bits per heavy atom. The number of pyridine rings is 1. The second-order valence-electron chi connectivity index (χ2n) is 5.29. The molecule has 20 heavy (non-hydrogen) atoms. The molecule has 0 aliphatic rings. The highest BCUT2D eigenvalue weighted by Crippen LogP contribution is 2.24. The first-order chi connectivity index (χ1) is 9.74. The summed E-state index contributed by atoms with van der Waals surface area (Å²) in [7, 11) is 0. The van der Waals surface area contributed by atoms with Crippen molar-refractivity contribution in [3.63, 3.8) is 0 Å². The van der Waals surface area contributed by atoms with Gasteiger partial charge in [0.2, 0.25) is 0 Å². The number of imidazole rings is 1. The molecule has 1 N–H and O–H groups in total. The van der Waals surface area contributed by atoms with Crippen molar-refractivity contribution in [2.24, 2.45) is 0 Å². The lowest BCUT2D eigenvalue weighted by molar-refractivity contribution is 0.864. The third kappa shape index (κ3) is 2.52. The molecular formula is C17H19N3. The summed E-state index contributed by atoms with van der Waals surface area (Å²) in [5.41, 5.74) is 4.58. The zero-order chi connectivity index (χ0) is 13.9. The zero-order valence-electron chi connectivity index (χ0n) is 11.9. The van der Waals surface area contributed by atoms with E-state index in [4.69, 9.17) is 0 Å². The molecular weight excluding hydrogens is 246 g/mol. The van der Waals surface area contributed by atoms with Crippen LogP contribution in [0.1, 0.15) is 31.0 Å². The molecule has 2 heterocycles. The van der Waals surface area contributed by atoms with Gasteiger partial charge < -0.3 is 9.72 Å². The summed E-state index contributed by atoms with van der Waals surface area (Å²) < 4.78 is 2.05. The topological polar surface area (TPSA) is 29.3 Å². The van der Waals surface area contributed by atoms with Crippen LogP contribution in [-0.2, 0) is 6.54 Å². The number of fused-ring (bicyclic) bond motifs is 1. The first-order valence-corrected chi connectivity index (χ1v) is 6.99. The van der Waals surface area contributed by atoms with Gasteiger partial charge in [-0.2, -0.15) is 0 Å². The molecule has 0 amide bonds. The highest BCUT2D eigenvalue weighted by molar-refractivity contribution is 5.53. The van der Waals surface area contributed by atoms with Crippen LogP contribution in [0.25, 0.3) is 5.65 Å². The third-order valence-corrected chi connectivity index (χ3v) is 3.46. The average molecular weight is 265 g/mol. The van der Waals surface area contributed by atoms with Crippen LogP contribution in [0.15, 0.2) is 54.9 Å². The molecule has 3 aromatic rings. The van der Waals surface area contributed by atoms with Gasteiger partial charge in [-0.25, -0.2) is 4.98 Å². The lowest BCUT2D eigenvalue weighted by Crippen LogP contribution is -2.03. The Morgan fingerprint density at radius 2 is 1.90 bits per heavy atom. The van der Waals surface area contributed by atoms with Crippen LogP contribution in [0.3, 0.4) is 0 Å². The van der Waals surface area contributed by atoms with E-state index in [1.807, 2.05) is 28.8 Å². The predicted molar refractivity (Wildman–Crippen MR) is 83.0 cm³/mol.